The summed E-state index contributed by atoms with van der Waals surface area (Å²) in [6.45, 7) is 14.0. The van der Waals surface area contributed by atoms with Crippen LogP contribution >= 0.6 is 0 Å². The highest BCUT2D eigenvalue weighted by molar-refractivity contribution is 6.76. The minimum absolute atomic E-state index is 0.143. The summed E-state index contributed by atoms with van der Waals surface area (Å²) in [7, 11) is -1.04. The molecule has 1 unspecified atom stereocenters. The van der Waals surface area contributed by atoms with E-state index >= 15 is 0 Å². The number of aliphatic hydroxyl groups is 1. The Morgan fingerprint density at radius 3 is 1.75 bits per heavy atom. The van der Waals surface area contributed by atoms with Gasteiger partial charge in [0.1, 0.15) is 0 Å². The summed E-state index contributed by atoms with van der Waals surface area (Å²) in [5, 5.41) is 9.34. The maximum absolute atomic E-state index is 9.34. The summed E-state index contributed by atoms with van der Waals surface area (Å²) >= 11 is 0. The molecule has 12 heavy (non-hydrogen) atoms. The van der Waals surface area contributed by atoms with Crippen LogP contribution in [0.4, 0.5) is 0 Å². The van der Waals surface area contributed by atoms with Gasteiger partial charge >= 0.3 is 0 Å². The molecule has 0 aliphatic heterocycles. The van der Waals surface area contributed by atoms with Gasteiger partial charge in [-0.2, -0.15) is 0 Å². The Kier molecular flexibility index (Phi) is 3.98. The molecular weight excluding hydrogens is 164 g/mol. The molecule has 0 aromatic carbocycles. The molecule has 0 aliphatic rings. The minimum atomic E-state index is -1.04. The average Bonchev–Trinajstić information content (AvgIpc) is 1.83. The van der Waals surface area contributed by atoms with E-state index in [0.717, 1.165) is 0 Å². The smallest absolute Gasteiger partial charge is 0.0484 e. The Bertz CT molecular complexity index is 137. The molecule has 0 aromatic rings. The first-order valence-corrected chi connectivity index (χ1v) is 8.53. The van der Waals surface area contributed by atoms with Crippen LogP contribution < -0.4 is 0 Å². The van der Waals surface area contributed by atoms with Crippen molar-refractivity contribution in [1.82, 2.24) is 0 Å². The number of aliphatic hydroxyl groups excluding tert-OH is 1. The molecule has 0 fully saturated rings. The fraction of sp³-hybridized carbons (Fsp3) is 1.00. The van der Waals surface area contributed by atoms with Crippen LogP contribution in [-0.2, 0) is 0 Å². The topological polar surface area (TPSA) is 20.2 Å². The zero-order valence-electron chi connectivity index (χ0n) is 9.44. The third-order valence-electron chi connectivity index (χ3n) is 2.69. The quantitative estimate of drug-likeness (QED) is 0.673. The van der Waals surface area contributed by atoms with Crippen LogP contribution in [-0.4, -0.2) is 19.8 Å². The first-order valence-electron chi connectivity index (χ1n) is 4.82. The van der Waals surface area contributed by atoms with Crippen molar-refractivity contribution in [1.29, 1.82) is 0 Å². The van der Waals surface area contributed by atoms with Gasteiger partial charge in [0, 0.05) is 14.7 Å². The number of hydrogen-bond acceptors (Lipinski definition) is 1. The van der Waals surface area contributed by atoms with E-state index in [1.807, 2.05) is 0 Å². The molecule has 0 bridgehead atoms. The minimum Gasteiger partial charge on any atom is -0.396 e. The van der Waals surface area contributed by atoms with Crippen molar-refractivity contribution in [3.8, 4) is 0 Å². The van der Waals surface area contributed by atoms with Gasteiger partial charge in [0.25, 0.3) is 0 Å². The third-order valence-corrected chi connectivity index (χ3v) is 4.56. The van der Waals surface area contributed by atoms with E-state index in [4.69, 9.17) is 0 Å². The molecule has 0 saturated heterocycles. The van der Waals surface area contributed by atoms with Crippen LogP contribution in [0.25, 0.3) is 0 Å². The van der Waals surface area contributed by atoms with E-state index in [0.29, 0.717) is 12.5 Å². The first-order chi connectivity index (χ1) is 5.21. The van der Waals surface area contributed by atoms with Crippen LogP contribution in [0.15, 0.2) is 0 Å². The second kappa shape index (κ2) is 3.92. The fourth-order valence-electron chi connectivity index (χ4n) is 1.65. The highest BCUT2D eigenvalue weighted by Crippen LogP contribution is 2.35. The van der Waals surface area contributed by atoms with Crippen molar-refractivity contribution in [2.75, 3.05) is 6.61 Å². The largest absolute Gasteiger partial charge is 0.396 e. The van der Waals surface area contributed by atoms with E-state index in [1.165, 1.54) is 6.04 Å². The molecule has 1 atom stereocenters. The van der Waals surface area contributed by atoms with Crippen molar-refractivity contribution in [3.05, 3.63) is 0 Å². The normalized spacial score (nSPS) is 18.0. The van der Waals surface area contributed by atoms with E-state index in [1.54, 1.807) is 0 Å². The van der Waals surface area contributed by atoms with Crippen molar-refractivity contribution >= 4 is 8.07 Å². The predicted molar refractivity (Wildman–Crippen MR) is 58.2 cm³/mol. The van der Waals surface area contributed by atoms with Crippen molar-refractivity contribution in [2.45, 2.75) is 46.5 Å². The summed E-state index contributed by atoms with van der Waals surface area (Å²) in [5.74, 6) is 0.578. The van der Waals surface area contributed by atoms with E-state index in [2.05, 4.69) is 40.4 Å². The van der Waals surface area contributed by atoms with Crippen LogP contribution in [0.1, 0.15) is 20.8 Å². The van der Waals surface area contributed by atoms with E-state index < -0.39 is 8.07 Å². The van der Waals surface area contributed by atoms with Crippen molar-refractivity contribution in [3.63, 3.8) is 0 Å². The molecule has 0 rings (SSSR count). The van der Waals surface area contributed by atoms with Gasteiger partial charge in [-0.3, -0.25) is 0 Å². The summed E-state index contributed by atoms with van der Waals surface area (Å²) in [6.07, 6.45) is 0. The van der Waals surface area contributed by atoms with Gasteiger partial charge in [-0.25, -0.2) is 0 Å². The summed E-state index contributed by atoms with van der Waals surface area (Å²) in [6, 6.07) is 1.22. The maximum Gasteiger partial charge on any atom is 0.0484 e. The van der Waals surface area contributed by atoms with Gasteiger partial charge in [-0.1, -0.05) is 40.4 Å². The van der Waals surface area contributed by atoms with Crippen LogP contribution in [0, 0.1) is 11.3 Å². The Balaban J connectivity index is 4.35. The van der Waals surface area contributed by atoms with Gasteiger partial charge in [0.2, 0.25) is 0 Å². The second-order valence-corrected chi connectivity index (χ2v) is 11.2. The molecule has 0 radical (unpaired) electrons. The lowest BCUT2D eigenvalue weighted by Gasteiger charge is -2.36. The zero-order chi connectivity index (χ0) is 9.99. The highest BCUT2D eigenvalue weighted by atomic mass is 28.3. The molecule has 1 N–H and O–H groups in total. The summed E-state index contributed by atoms with van der Waals surface area (Å²) < 4.78 is 0. The molecule has 0 amide bonds. The zero-order valence-corrected chi connectivity index (χ0v) is 10.4. The lowest BCUT2D eigenvalue weighted by atomic mass is 9.82. The molecule has 1 nitrogen and oxygen atoms in total. The first kappa shape index (κ1) is 12.2. The molecule has 0 spiro atoms. The Labute approximate surface area is 78.2 Å². The van der Waals surface area contributed by atoms with Crippen LogP contribution in [0.3, 0.4) is 0 Å². The maximum atomic E-state index is 9.34. The van der Waals surface area contributed by atoms with Gasteiger partial charge in [-0.15, -0.1) is 0 Å². The molecule has 0 aliphatic carbocycles. The monoisotopic (exact) mass is 188 g/mol. The standard InChI is InChI=1S/C10H24OSi/c1-9(2)10(3,7-11)8-12(4,5)6/h9,11H,7-8H2,1-6H3. The van der Waals surface area contributed by atoms with Gasteiger partial charge < -0.3 is 5.11 Å². The summed E-state index contributed by atoms with van der Waals surface area (Å²) in [4.78, 5) is 0. The molecule has 0 aromatic heterocycles. The summed E-state index contributed by atoms with van der Waals surface area (Å²) in [5.41, 5.74) is 0.143. The second-order valence-electron chi connectivity index (χ2n) is 5.70. The van der Waals surface area contributed by atoms with Crippen LogP contribution in [0.2, 0.25) is 25.7 Å². The molecule has 0 saturated carbocycles. The third kappa shape index (κ3) is 3.72. The molecular formula is C10H24OSi. The SMILES string of the molecule is CC(C)C(C)(CO)C[Si](C)(C)C. The lowest BCUT2D eigenvalue weighted by Crippen LogP contribution is -2.36. The Morgan fingerprint density at radius 1 is 1.25 bits per heavy atom. The fourth-order valence-corrected chi connectivity index (χ4v) is 4.60. The predicted octanol–water partition coefficient (Wildman–Crippen LogP) is 2.98. The van der Waals surface area contributed by atoms with Crippen molar-refractivity contribution < 1.29 is 5.11 Å². The van der Waals surface area contributed by atoms with E-state index in [9.17, 15) is 5.11 Å². The average molecular weight is 188 g/mol. The number of hydrogen-bond donors (Lipinski definition) is 1. The van der Waals surface area contributed by atoms with Gasteiger partial charge in [-0.05, 0) is 17.4 Å². The van der Waals surface area contributed by atoms with E-state index in [-0.39, 0.29) is 5.41 Å². The lowest BCUT2D eigenvalue weighted by molar-refractivity contribution is 0.112. The van der Waals surface area contributed by atoms with Crippen LogP contribution in [0.5, 0.6) is 0 Å². The molecule has 2 heteroatoms. The van der Waals surface area contributed by atoms with Gasteiger partial charge in [0.15, 0.2) is 0 Å². The molecule has 0 heterocycles. The Morgan fingerprint density at radius 2 is 1.67 bits per heavy atom. The number of rotatable bonds is 4. The van der Waals surface area contributed by atoms with Gasteiger partial charge in [0.05, 0.1) is 0 Å². The Hall–Kier alpha value is 0.177. The van der Waals surface area contributed by atoms with Crippen molar-refractivity contribution in [2.24, 2.45) is 11.3 Å². The molecule has 74 valence electrons. The highest BCUT2D eigenvalue weighted by Gasteiger charge is 2.32.